The van der Waals surface area contributed by atoms with Crippen molar-refractivity contribution in [3.8, 4) is 0 Å². The molecular formula is C6H22N2O2Si3. The Bertz CT molecular complexity index is 90.9. The molecule has 0 bridgehead atoms. The fraction of sp³-hybridized carbons (Fsp3) is 1.00. The quantitative estimate of drug-likeness (QED) is 0.444. The molecule has 0 radical (unpaired) electrons. The van der Waals surface area contributed by atoms with Crippen molar-refractivity contribution in [1.82, 2.24) is 0 Å². The maximum absolute atomic E-state index is 5.77. The lowest BCUT2D eigenvalue weighted by Crippen LogP contribution is -2.23. The van der Waals surface area contributed by atoms with E-state index in [1.54, 1.807) is 0 Å². The van der Waals surface area contributed by atoms with Gasteiger partial charge in [-0.3, -0.25) is 0 Å². The Morgan fingerprint density at radius 3 is 2.08 bits per heavy atom. The van der Waals surface area contributed by atoms with Gasteiger partial charge in [0.25, 0.3) is 10.0 Å². The van der Waals surface area contributed by atoms with Crippen molar-refractivity contribution in [3.05, 3.63) is 0 Å². The Labute approximate surface area is 87.7 Å². The Morgan fingerprint density at radius 1 is 1.15 bits per heavy atom. The van der Waals surface area contributed by atoms with Crippen LogP contribution in [0, 0.1) is 0 Å². The van der Waals surface area contributed by atoms with Gasteiger partial charge in [0.2, 0.25) is 0 Å². The van der Waals surface area contributed by atoms with Crippen LogP contribution in [0.1, 0.15) is 12.8 Å². The van der Waals surface area contributed by atoms with Crippen molar-refractivity contribution in [1.29, 1.82) is 0 Å². The van der Waals surface area contributed by atoms with Crippen LogP contribution < -0.4 is 11.5 Å². The highest BCUT2D eigenvalue weighted by Crippen LogP contribution is 2.06. The molecule has 0 spiro atoms. The van der Waals surface area contributed by atoms with E-state index in [2.05, 4.69) is 0 Å². The molecular weight excluding hydrogens is 216 g/mol. The van der Waals surface area contributed by atoms with Crippen LogP contribution in [0.4, 0.5) is 0 Å². The van der Waals surface area contributed by atoms with E-state index in [9.17, 15) is 0 Å². The van der Waals surface area contributed by atoms with Gasteiger partial charge in [-0.1, -0.05) is 0 Å². The van der Waals surface area contributed by atoms with E-state index >= 15 is 0 Å². The summed E-state index contributed by atoms with van der Waals surface area (Å²) in [5.41, 5.74) is 10.9. The molecule has 0 aromatic heterocycles. The van der Waals surface area contributed by atoms with Crippen molar-refractivity contribution < 1.29 is 8.23 Å². The van der Waals surface area contributed by atoms with Crippen molar-refractivity contribution in [2.24, 2.45) is 11.5 Å². The topological polar surface area (TPSA) is 70.5 Å². The van der Waals surface area contributed by atoms with E-state index in [1.165, 1.54) is 12.1 Å². The highest BCUT2D eigenvalue weighted by molar-refractivity contribution is 6.57. The van der Waals surface area contributed by atoms with Crippen LogP contribution in [-0.2, 0) is 8.23 Å². The van der Waals surface area contributed by atoms with Gasteiger partial charge in [0, 0.05) is 0 Å². The summed E-state index contributed by atoms with van der Waals surface area (Å²) in [7, 11) is -0.813. The summed E-state index contributed by atoms with van der Waals surface area (Å²) in [6, 6.07) is 2.38. The predicted octanol–water partition coefficient (Wildman–Crippen LogP) is -2.28. The fourth-order valence-electron chi connectivity index (χ4n) is 1.17. The molecule has 0 amide bonds. The van der Waals surface area contributed by atoms with Gasteiger partial charge in [0.05, 0.1) is 0 Å². The highest BCUT2D eigenvalue weighted by Gasteiger charge is 2.09. The Kier molecular flexibility index (Phi) is 11.0. The zero-order chi connectivity index (χ0) is 9.94. The summed E-state index contributed by atoms with van der Waals surface area (Å²) in [5.74, 6) is 0. The molecule has 0 unspecified atom stereocenters. The third-order valence-corrected chi connectivity index (χ3v) is 7.36. The molecule has 0 atom stereocenters. The van der Waals surface area contributed by atoms with E-state index in [1.807, 2.05) is 0 Å². The Balaban J connectivity index is 3.47. The average Bonchev–Trinajstić information content (AvgIpc) is 2.17. The zero-order valence-electron chi connectivity index (χ0n) is 8.50. The molecule has 0 aromatic carbocycles. The summed E-state index contributed by atoms with van der Waals surface area (Å²) in [6.07, 6.45) is 2.19. The molecule has 0 aliphatic heterocycles. The van der Waals surface area contributed by atoms with Gasteiger partial charge < -0.3 is 19.7 Å². The minimum absolute atomic E-state index is 0.640. The summed E-state index contributed by atoms with van der Waals surface area (Å²) < 4.78 is 10.9. The summed E-state index contributed by atoms with van der Waals surface area (Å²) in [5, 5.41) is 0. The van der Waals surface area contributed by atoms with Gasteiger partial charge in [0.1, 0.15) is 10.5 Å². The minimum atomic E-state index is -0.988. The number of hydrogen-bond acceptors (Lipinski definition) is 4. The lowest BCUT2D eigenvalue weighted by molar-refractivity contribution is 0.483. The molecule has 0 aliphatic carbocycles. The first-order chi connectivity index (χ1) is 6.35. The monoisotopic (exact) mass is 238 g/mol. The largest absolute Gasteiger partial charge is 0.449 e. The molecule has 4 nitrogen and oxygen atoms in total. The third kappa shape index (κ3) is 8.81. The molecule has 0 aromatic rings. The number of nitrogens with two attached hydrogens (primary N) is 2. The van der Waals surface area contributed by atoms with Gasteiger partial charge >= 0.3 is 0 Å². The third-order valence-electron chi connectivity index (χ3n) is 1.88. The molecule has 13 heavy (non-hydrogen) atoms. The van der Waals surface area contributed by atoms with Crippen LogP contribution in [0.5, 0.6) is 0 Å². The van der Waals surface area contributed by atoms with Gasteiger partial charge in [-0.2, -0.15) is 0 Å². The first-order valence-corrected chi connectivity index (χ1v) is 8.93. The molecule has 0 saturated heterocycles. The summed E-state index contributed by atoms with van der Waals surface area (Å²) in [4.78, 5) is 0. The lowest BCUT2D eigenvalue weighted by atomic mass is 10.5. The van der Waals surface area contributed by atoms with E-state index in [-0.39, 0.29) is 0 Å². The first-order valence-electron chi connectivity index (χ1n) is 4.85. The number of rotatable bonds is 9. The second kappa shape index (κ2) is 10.6. The smallest absolute Gasteiger partial charge is 0.283 e. The molecule has 80 valence electrons. The molecule has 7 heteroatoms. The van der Waals surface area contributed by atoms with Crippen molar-refractivity contribution in [2.45, 2.75) is 24.9 Å². The van der Waals surface area contributed by atoms with Crippen molar-refractivity contribution in [2.75, 3.05) is 13.1 Å². The molecule has 0 heterocycles. The fourth-order valence-corrected chi connectivity index (χ4v) is 6.71. The Morgan fingerprint density at radius 2 is 1.69 bits per heavy atom. The van der Waals surface area contributed by atoms with Crippen molar-refractivity contribution >= 4 is 29.5 Å². The maximum Gasteiger partial charge on any atom is 0.283 e. The van der Waals surface area contributed by atoms with Gasteiger partial charge in [-0.15, -0.1) is 0 Å². The van der Waals surface area contributed by atoms with E-state index in [0.29, 0.717) is 0 Å². The normalized spacial score (nSPS) is 12.2. The molecule has 0 fully saturated rings. The van der Waals surface area contributed by atoms with Crippen molar-refractivity contribution in [3.63, 3.8) is 0 Å². The van der Waals surface area contributed by atoms with Crippen LogP contribution in [0.2, 0.25) is 12.1 Å². The van der Waals surface area contributed by atoms with Gasteiger partial charge in [-0.05, 0) is 38.0 Å². The standard InChI is InChI=1S/C6H22N2O2Si3/c7-3-1-5-13(6-2-4-8)10-12-9-11/h13H,1-8,12H2,11H3. The van der Waals surface area contributed by atoms with Crippen LogP contribution in [0.3, 0.4) is 0 Å². The van der Waals surface area contributed by atoms with Crippen LogP contribution in [0.25, 0.3) is 0 Å². The lowest BCUT2D eigenvalue weighted by Gasteiger charge is -2.15. The molecule has 0 saturated carbocycles. The van der Waals surface area contributed by atoms with Gasteiger partial charge in [-0.25, -0.2) is 0 Å². The second-order valence-electron chi connectivity index (χ2n) is 3.06. The predicted molar refractivity (Wildman–Crippen MR) is 64.8 cm³/mol. The number of hydrogen-bond donors (Lipinski definition) is 2. The average molecular weight is 239 g/mol. The molecule has 0 rings (SSSR count). The summed E-state index contributed by atoms with van der Waals surface area (Å²) in [6.45, 7) is 1.55. The van der Waals surface area contributed by atoms with E-state index in [0.717, 1.165) is 36.4 Å². The zero-order valence-corrected chi connectivity index (χ0v) is 13.1. The first kappa shape index (κ1) is 13.5. The van der Waals surface area contributed by atoms with Gasteiger partial charge in [0.15, 0.2) is 9.04 Å². The summed E-state index contributed by atoms with van der Waals surface area (Å²) >= 11 is 0. The van der Waals surface area contributed by atoms with E-state index in [4.69, 9.17) is 19.7 Å². The SMILES string of the molecule is NCCC[SiH](CCCN)O[SiH2]O[SiH3]. The second-order valence-corrected chi connectivity index (χ2v) is 9.33. The Hall–Kier alpha value is 0.491. The highest BCUT2D eigenvalue weighted by atomic mass is 28.4. The maximum atomic E-state index is 5.77. The van der Waals surface area contributed by atoms with Crippen LogP contribution in [-0.4, -0.2) is 42.6 Å². The minimum Gasteiger partial charge on any atom is -0.449 e. The van der Waals surface area contributed by atoms with Crippen LogP contribution >= 0.6 is 0 Å². The van der Waals surface area contributed by atoms with Crippen LogP contribution in [0.15, 0.2) is 0 Å². The van der Waals surface area contributed by atoms with E-state index < -0.39 is 19.0 Å². The molecule has 0 aliphatic rings. The molecule has 4 N–H and O–H groups in total.